The molecule has 2 atom stereocenters. The average molecular weight is 309 g/mol. The highest BCUT2D eigenvalue weighted by atomic mass is 35.5. The average Bonchev–Trinajstić information content (AvgIpc) is 2.64. The lowest BCUT2D eigenvalue weighted by molar-refractivity contribution is -0.129. The van der Waals surface area contributed by atoms with E-state index in [9.17, 15) is 14.7 Å². The second-order valence-electron chi connectivity index (χ2n) is 5.21. The summed E-state index contributed by atoms with van der Waals surface area (Å²) in [6, 6.07) is 5.92. The third kappa shape index (κ3) is 2.94. The molecule has 2 unspecified atom stereocenters. The highest BCUT2D eigenvalue weighted by Crippen LogP contribution is 2.37. The van der Waals surface area contributed by atoms with Crippen molar-refractivity contribution < 1.29 is 14.7 Å². The first-order valence-corrected chi connectivity index (χ1v) is 6.96. The Labute approximate surface area is 128 Å². The second kappa shape index (κ2) is 5.87. The third-order valence-corrected chi connectivity index (χ3v) is 3.61. The van der Waals surface area contributed by atoms with Gasteiger partial charge in [-0.15, -0.1) is 0 Å². The van der Waals surface area contributed by atoms with Gasteiger partial charge in [0, 0.05) is 17.6 Å². The Kier molecular flexibility index (Phi) is 4.34. The van der Waals surface area contributed by atoms with Crippen molar-refractivity contribution in [3.8, 4) is 0 Å². The molecule has 0 saturated carbocycles. The topological polar surface area (TPSA) is 83.6 Å². The number of aliphatic hydroxyl groups excluding tert-OH is 1. The zero-order valence-corrected chi connectivity index (χ0v) is 12.6. The van der Waals surface area contributed by atoms with E-state index in [1.54, 1.807) is 31.2 Å². The zero-order valence-electron chi connectivity index (χ0n) is 11.8. The lowest BCUT2D eigenvalue weighted by atomic mass is 9.96. The van der Waals surface area contributed by atoms with Crippen LogP contribution >= 0.6 is 11.6 Å². The molecule has 1 aromatic rings. The van der Waals surface area contributed by atoms with Crippen molar-refractivity contribution in [1.82, 2.24) is 4.90 Å². The van der Waals surface area contributed by atoms with Crippen LogP contribution in [0, 0.1) is 0 Å². The molecule has 1 aromatic carbocycles. The first-order chi connectivity index (χ1) is 9.82. The van der Waals surface area contributed by atoms with Gasteiger partial charge < -0.3 is 15.7 Å². The van der Waals surface area contributed by atoms with Gasteiger partial charge in [-0.2, -0.15) is 0 Å². The van der Waals surface area contributed by atoms with E-state index in [4.69, 9.17) is 17.3 Å². The molecule has 1 heterocycles. The summed E-state index contributed by atoms with van der Waals surface area (Å²) in [5, 5.41) is 10.6. The number of nitrogens with zero attached hydrogens (tertiary/aromatic N) is 1. The minimum atomic E-state index is -0.627. The number of rotatable bonds is 4. The maximum absolute atomic E-state index is 12.2. The molecule has 6 heteroatoms. The highest BCUT2D eigenvalue weighted by Gasteiger charge is 2.42. The number of hydrogen-bond acceptors (Lipinski definition) is 4. The summed E-state index contributed by atoms with van der Waals surface area (Å²) in [4.78, 5) is 25.4. The number of nitrogens with two attached hydrogens (primary N) is 1. The molecule has 0 bridgehead atoms. The van der Waals surface area contributed by atoms with Crippen molar-refractivity contribution >= 4 is 23.3 Å². The smallest absolute Gasteiger partial charge is 0.290 e. The van der Waals surface area contributed by atoms with Crippen LogP contribution in [0.2, 0.25) is 5.02 Å². The van der Waals surface area contributed by atoms with E-state index in [-0.39, 0.29) is 23.9 Å². The molecule has 2 rings (SSSR count). The van der Waals surface area contributed by atoms with E-state index in [2.05, 4.69) is 0 Å². The van der Waals surface area contributed by atoms with Gasteiger partial charge in [-0.05, 0) is 31.5 Å². The molecular formula is C15H17ClN2O3. The second-order valence-corrected chi connectivity index (χ2v) is 5.64. The summed E-state index contributed by atoms with van der Waals surface area (Å²) in [5.41, 5.74) is 6.58. The molecule has 0 saturated heterocycles. The summed E-state index contributed by atoms with van der Waals surface area (Å²) in [6.07, 6.45) is 0. The predicted molar refractivity (Wildman–Crippen MR) is 79.9 cm³/mol. The largest absolute Gasteiger partial charge is 0.503 e. The maximum Gasteiger partial charge on any atom is 0.290 e. The fraction of sp³-hybridized carbons (Fsp3) is 0.333. The van der Waals surface area contributed by atoms with Gasteiger partial charge in [0.2, 0.25) is 0 Å². The van der Waals surface area contributed by atoms with E-state index in [0.29, 0.717) is 10.6 Å². The Balaban J connectivity index is 2.51. The molecule has 112 valence electrons. The molecule has 1 aliphatic heterocycles. The Morgan fingerprint density at radius 2 is 2.00 bits per heavy atom. The van der Waals surface area contributed by atoms with Gasteiger partial charge in [0.05, 0.1) is 11.6 Å². The first kappa shape index (κ1) is 15.5. The van der Waals surface area contributed by atoms with Crippen LogP contribution in [-0.2, 0) is 9.59 Å². The van der Waals surface area contributed by atoms with Gasteiger partial charge in [-0.1, -0.05) is 23.7 Å². The van der Waals surface area contributed by atoms with Crippen molar-refractivity contribution in [1.29, 1.82) is 0 Å². The van der Waals surface area contributed by atoms with E-state index in [1.807, 2.05) is 0 Å². The van der Waals surface area contributed by atoms with Gasteiger partial charge in [0.15, 0.2) is 11.5 Å². The van der Waals surface area contributed by atoms with Crippen LogP contribution in [0.4, 0.5) is 0 Å². The van der Waals surface area contributed by atoms with Gasteiger partial charge in [0.25, 0.3) is 5.91 Å². The first-order valence-electron chi connectivity index (χ1n) is 6.59. The van der Waals surface area contributed by atoms with Crippen LogP contribution in [0.25, 0.3) is 0 Å². The lowest BCUT2D eigenvalue weighted by Gasteiger charge is -2.28. The number of ketones is 1. The van der Waals surface area contributed by atoms with Crippen LogP contribution in [0.1, 0.15) is 25.5 Å². The fourth-order valence-electron chi connectivity index (χ4n) is 2.50. The standard InChI is InChI=1S/C15H17ClN2O3/c1-8(17)7-18-13(10-3-5-11(16)6-4-10)12(9(2)19)14(20)15(18)21/h3-6,8,13,20H,7,17H2,1-2H3. The summed E-state index contributed by atoms with van der Waals surface area (Å²) in [5.74, 6) is -1.41. The molecule has 0 radical (unpaired) electrons. The molecule has 1 aliphatic rings. The summed E-state index contributed by atoms with van der Waals surface area (Å²) in [7, 11) is 0. The molecule has 0 aliphatic carbocycles. The van der Waals surface area contributed by atoms with Crippen LogP contribution in [0.3, 0.4) is 0 Å². The normalized spacial score (nSPS) is 20.1. The van der Waals surface area contributed by atoms with Crippen molar-refractivity contribution in [2.45, 2.75) is 25.9 Å². The van der Waals surface area contributed by atoms with Crippen LogP contribution in [-0.4, -0.2) is 34.3 Å². The molecule has 1 amide bonds. The Bertz CT molecular complexity index is 608. The molecule has 3 N–H and O–H groups in total. The van der Waals surface area contributed by atoms with Crippen molar-refractivity contribution in [3.05, 3.63) is 46.2 Å². The van der Waals surface area contributed by atoms with Gasteiger partial charge in [0.1, 0.15) is 0 Å². The number of Topliss-reactive ketones (excluding diaryl/α,β-unsaturated/α-hetero) is 1. The molecule has 0 aromatic heterocycles. The maximum atomic E-state index is 12.2. The summed E-state index contributed by atoms with van der Waals surface area (Å²) in [6.45, 7) is 3.33. The number of carbonyl (C=O) groups is 2. The molecule has 21 heavy (non-hydrogen) atoms. The Morgan fingerprint density at radius 1 is 1.43 bits per heavy atom. The van der Waals surface area contributed by atoms with E-state index >= 15 is 0 Å². The third-order valence-electron chi connectivity index (χ3n) is 3.35. The van der Waals surface area contributed by atoms with Crippen LogP contribution in [0.15, 0.2) is 35.6 Å². The van der Waals surface area contributed by atoms with Gasteiger partial charge in [-0.25, -0.2) is 0 Å². The van der Waals surface area contributed by atoms with E-state index in [0.717, 1.165) is 0 Å². The number of aliphatic hydroxyl groups is 1. The SMILES string of the molecule is CC(=O)C1=C(O)C(=O)N(CC(C)N)C1c1ccc(Cl)cc1. The van der Waals surface area contributed by atoms with Crippen molar-refractivity contribution in [2.24, 2.45) is 5.73 Å². The van der Waals surface area contributed by atoms with Crippen LogP contribution < -0.4 is 5.73 Å². The minimum Gasteiger partial charge on any atom is -0.503 e. The Hall–Kier alpha value is -1.85. The monoisotopic (exact) mass is 308 g/mol. The lowest BCUT2D eigenvalue weighted by Crippen LogP contribution is -2.39. The molecule has 5 nitrogen and oxygen atoms in total. The molecule has 0 spiro atoms. The van der Waals surface area contributed by atoms with Crippen molar-refractivity contribution in [2.75, 3.05) is 6.54 Å². The molecule has 0 fully saturated rings. The van der Waals surface area contributed by atoms with Crippen molar-refractivity contribution in [3.63, 3.8) is 0 Å². The number of amides is 1. The minimum absolute atomic E-state index is 0.1000. The van der Waals surface area contributed by atoms with E-state index in [1.165, 1.54) is 11.8 Å². The number of hydrogen-bond donors (Lipinski definition) is 2. The zero-order chi connectivity index (χ0) is 15.7. The number of carbonyl (C=O) groups excluding carboxylic acids is 2. The number of halogens is 1. The van der Waals surface area contributed by atoms with Crippen LogP contribution in [0.5, 0.6) is 0 Å². The quantitative estimate of drug-likeness (QED) is 0.890. The summed E-state index contributed by atoms with van der Waals surface area (Å²) >= 11 is 5.87. The number of benzene rings is 1. The van der Waals surface area contributed by atoms with Gasteiger partial charge >= 0.3 is 0 Å². The Morgan fingerprint density at radius 3 is 2.48 bits per heavy atom. The fourth-order valence-corrected chi connectivity index (χ4v) is 2.63. The predicted octanol–water partition coefficient (Wildman–Crippen LogP) is 1.97. The molecular weight excluding hydrogens is 292 g/mol. The highest BCUT2D eigenvalue weighted by molar-refractivity contribution is 6.30. The van der Waals surface area contributed by atoms with Gasteiger partial charge in [-0.3, -0.25) is 9.59 Å². The van der Waals surface area contributed by atoms with E-state index < -0.39 is 17.7 Å². The summed E-state index contributed by atoms with van der Waals surface area (Å²) < 4.78 is 0.